The van der Waals surface area contributed by atoms with Gasteiger partial charge in [-0.25, -0.2) is 4.39 Å². The largest absolute Gasteiger partial charge is 0.205 e. The first kappa shape index (κ1) is 18.8. The highest BCUT2D eigenvalue weighted by Gasteiger charge is 2.26. The lowest BCUT2D eigenvalue weighted by Crippen LogP contribution is -2.13. The van der Waals surface area contributed by atoms with Crippen molar-refractivity contribution >= 4 is 0 Å². The Kier molecular flexibility index (Phi) is 6.30. The fraction of sp³-hybridized carbons (Fsp3) is 0.231. The summed E-state index contributed by atoms with van der Waals surface area (Å²) < 4.78 is 15.2. The third kappa shape index (κ3) is 4.78. The van der Waals surface area contributed by atoms with Crippen molar-refractivity contribution in [3.05, 3.63) is 94.3 Å². The third-order valence-electron chi connectivity index (χ3n) is 4.74. The molecule has 1 aliphatic rings. The molecule has 2 aromatic carbocycles. The van der Waals surface area contributed by atoms with E-state index in [0.29, 0.717) is 5.56 Å². The number of allylic oxidation sites excluding steroid dienone is 4. The molecule has 0 bridgehead atoms. The van der Waals surface area contributed by atoms with Gasteiger partial charge in [0, 0.05) is 16.7 Å². The van der Waals surface area contributed by atoms with E-state index >= 15 is 4.39 Å². The van der Waals surface area contributed by atoms with Crippen LogP contribution in [-0.2, 0) is 0 Å². The molecule has 0 saturated heterocycles. The Balaban J connectivity index is 1.98. The fourth-order valence-electron chi connectivity index (χ4n) is 3.00. The number of hydrogen-bond acceptors (Lipinski definition) is 0. The van der Waals surface area contributed by atoms with Crippen LogP contribution < -0.4 is 0 Å². The molecule has 0 aliphatic heterocycles. The predicted molar refractivity (Wildman–Crippen MR) is 111 cm³/mol. The maximum absolute atomic E-state index is 15.2. The Morgan fingerprint density at radius 2 is 1.74 bits per heavy atom. The molecule has 27 heavy (non-hydrogen) atoms. The van der Waals surface area contributed by atoms with E-state index in [2.05, 4.69) is 23.7 Å². The highest BCUT2D eigenvalue weighted by Crippen LogP contribution is 2.40. The van der Waals surface area contributed by atoms with Gasteiger partial charge in [0.15, 0.2) is 0 Å². The molecule has 0 unspecified atom stereocenters. The smallest absolute Gasteiger partial charge is 0.143 e. The van der Waals surface area contributed by atoms with Gasteiger partial charge in [0.2, 0.25) is 0 Å². The molecule has 1 fully saturated rings. The molecule has 1 heteroatoms. The van der Waals surface area contributed by atoms with Gasteiger partial charge in [-0.2, -0.15) is 0 Å². The number of hydrogen-bond donors (Lipinski definition) is 0. The van der Waals surface area contributed by atoms with Crippen LogP contribution >= 0.6 is 0 Å². The van der Waals surface area contributed by atoms with Crippen LogP contribution in [0.4, 0.5) is 4.39 Å². The van der Waals surface area contributed by atoms with Gasteiger partial charge in [-0.3, -0.25) is 0 Å². The molecule has 1 aliphatic carbocycles. The highest BCUT2D eigenvalue weighted by atomic mass is 19.1. The van der Waals surface area contributed by atoms with Crippen LogP contribution in [0.3, 0.4) is 0 Å². The first-order valence-electron chi connectivity index (χ1n) is 9.40. The minimum atomic E-state index is -0.204. The van der Waals surface area contributed by atoms with E-state index in [9.17, 15) is 0 Å². The number of rotatable bonds is 2. The van der Waals surface area contributed by atoms with E-state index in [1.165, 1.54) is 0 Å². The Morgan fingerprint density at radius 1 is 1.00 bits per heavy atom. The molecule has 1 saturated carbocycles. The van der Waals surface area contributed by atoms with E-state index in [0.717, 1.165) is 41.5 Å². The van der Waals surface area contributed by atoms with Gasteiger partial charge in [0.1, 0.15) is 5.82 Å². The first-order valence-corrected chi connectivity index (χ1v) is 9.40. The molecule has 0 heterocycles. The zero-order chi connectivity index (χ0) is 19.1. The second-order valence-corrected chi connectivity index (χ2v) is 6.76. The van der Waals surface area contributed by atoms with Crippen LogP contribution in [0.1, 0.15) is 61.3 Å². The van der Waals surface area contributed by atoms with Crippen molar-refractivity contribution < 1.29 is 4.39 Å². The average molecular weight is 354 g/mol. The Labute approximate surface area is 161 Å². The SMILES string of the molecule is C/C=C\C=C(/C)C#Cc1ccc(C#Cc2ccccc2)c(F)c1C1CCC1. The lowest BCUT2D eigenvalue weighted by atomic mass is 9.77. The zero-order valence-electron chi connectivity index (χ0n) is 15.9. The van der Waals surface area contributed by atoms with Crippen molar-refractivity contribution in [3.63, 3.8) is 0 Å². The van der Waals surface area contributed by atoms with Crippen LogP contribution in [0.5, 0.6) is 0 Å². The Bertz CT molecular complexity index is 981. The highest BCUT2D eigenvalue weighted by molar-refractivity contribution is 5.53. The van der Waals surface area contributed by atoms with Gasteiger partial charge in [-0.05, 0) is 62.4 Å². The van der Waals surface area contributed by atoms with E-state index in [4.69, 9.17) is 0 Å². The first-order chi connectivity index (χ1) is 13.2. The van der Waals surface area contributed by atoms with Crippen LogP contribution in [0, 0.1) is 29.5 Å². The molecular formula is C26H23F. The summed E-state index contributed by atoms with van der Waals surface area (Å²) in [5.41, 5.74) is 3.83. The lowest BCUT2D eigenvalue weighted by molar-refractivity contribution is 0.403. The average Bonchev–Trinajstić information content (AvgIpc) is 2.65. The molecule has 2 aromatic rings. The van der Waals surface area contributed by atoms with E-state index in [1.807, 2.05) is 68.5 Å². The van der Waals surface area contributed by atoms with Crippen molar-refractivity contribution in [2.24, 2.45) is 0 Å². The second-order valence-electron chi connectivity index (χ2n) is 6.76. The quantitative estimate of drug-likeness (QED) is 0.434. The topological polar surface area (TPSA) is 0 Å². The van der Waals surface area contributed by atoms with Gasteiger partial charge in [-0.15, -0.1) is 0 Å². The van der Waals surface area contributed by atoms with E-state index in [-0.39, 0.29) is 11.7 Å². The molecule has 0 radical (unpaired) electrons. The molecule has 0 aromatic heterocycles. The minimum Gasteiger partial charge on any atom is -0.205 e. The summed E-state index contributed by atoms with van der Waals surface area (Å²) in [6, 6.07) is 13.3. The fourth-order valence-corrected chi connectivity index (χ4v) is 3.00. The standard InChI is InChI=1S/C26H23F/c1-3-4-9-20(2)14-16-23-18-19-24(17-15-21-10-6-5-7-11-21)26(27)25(23)22-12-8-13-22/h3-7,9-11,18-19,22H,8,12-13H2,1-2H3/b4-3-,20-9+. The van der Waals surface area contributed by atoms with Gasteiger partial charge in [0.05, 0.1) is 5.56 Å². The van der Waals surface area contributed by atoms with Gasteiger partial charge in [0.25, 0.3) is 0 Å². The van der Waals surface area contributed by atoms with Crippen molar-refractivity contribution in [3.8, 4) is 23.7 Å². The molecular weight excluding hydrogens is 331 g/mol. The van der Waals surface area contributed by atoms with Crippen LogP contribution in [0.15, 0.2) is 66.3 Å². The summed E-state index contributed by atoms with van der Waals surface area (Å²) in [4.78, 5) is 0. The van der Waals surface area contributed by atoms with Crippen molar-refractivity contribution in [2.45, 2.75) is 39.0 Å². The molecule has 134 valence electrons. The number of benzene rings is 2. The van der Waals surface area contributed by atoms with Gasteiger partial charge < -0.3 is 0 Å². The second kappa shape index (κ2) is 9.07. The molecule has 0 nitrogen and oxygen atoms in total. The van der Waals surface area contributed by atoms with E-state index in [1.54, 1.807) is 6.07 Å². The Hall–Kier alpha value is -3.03. The summed E-state index contributed by atoms with van der Waals surface area (Å²) >= 11 is 0. The summed E-state index contributed by atoms with van der Waals surface area (Å²) in [6.45, 7) is 3.93. The van der Waals surface area contributed by atoms with Crippen molar-refractivity contribution in [1.82, 2.24) is 0 Å². The van der Waals surface area contributed by atoms with Gasteiger partial charge >= 0.3 is 0 Å². The van der Waals surface area contributed by atoms with Crippen LogP contribution in [-0.4, -0.2) is 0 Å². The lowest BCUT2D eigenvalue weighted by Gasteiger charge is -2.27. The normalized spacial score (nSPS) is 14.1. The summed E-state index contributed by atoms with van der Waals surface area (Å²) in [6.07, 6.45) is 9.08. The predicted octanol–water partition coefficient (Wildman–Crippen LogP) is 6.37. The third-order valence-corrected chi connectivity index (χ3v) is 4.74. The molecule has 0 spiro atoms. The maximum atomic E-state index is 15.2. The van der Waals surface area contributed by atoms with Crippen LogP contribution in [0.2, 0.25) is 0 Å². The number of halogens is 1. The molecule has 0 amide bonds. The zero-order valence-corrected chi connectivity index (χ0v) is 15.9. The minimum absolute atomic E-state index is 0.204. The molecule has 0 atom stereocenters. The Morgan fingerprint density at radius 3 is 2.41 bits per heavy atom. The van der Waals surface area contributed by atoms with Gasteiger partial charge in [-0.1, -0.05) is 66.5 Å². The molecule has 3 rings (SSSR count). The maximum Gasteiger partial charge on any atom is 0.143 e. The van der Waals surface area contributed by atoms with Crippen molar-refractivity contribution in [1.29, 1.82) is 0 Å². The van der Waals surface area contributed by atoms with E-state index < -0.39 is 0 Å². The summed E-state index contributed by atoms with van der Waals surface area (Å²) in [5, 5.41) is 0. The molecule has 0 N–H and O–H groups in total. The van der Waals surface area contributed by atoms with Crippen molar-refractivity contribution in [2.75, 3.05) is 0 Å². The monoisotopic (exact) mass is 354 g/mol. The summed E-state index contributed by atoms with van der Waals surface area (Å²) in [5.74, 6) is 12.4. The summed E-state index contributed by atoms with van der Waals surface area (Å²) in [7, 11) is 0. The van der Waals surface area contributed by atoms with Crippen LogP contribution in [0.25, 0.3) is 0 Å².